The fourth-order valence-electron chi connectivity index (χ4n) is 4.00. The Bertz CT molecular complexity index is 1210. The van der Waals surface area contributed by atoms with Gasteiger partial charge in [0.1, 0.15) is 17.7 Å². The number of hydrogen-bond acceptors (Lipinski definition) is 5. The SMILES string of the molecule is NC(=O)c1cc(-c2ccc(-c3cc4c(C5CCOCC5)ncnc4[nH]3)cc2)ccn1. The van der Waals surface area contributed by atoms with Crippen LogP contribution in [-0.4, -0.2) is 39.1 Å². The molecule has 0 radical (unpaired) electrons. The van der Waals surface area contributed by atoms with Gasteiger partial charge in [0.2, 0.25) is 0 Å². The van der Waals surface area contributed by atoms with Crippen molar-refractivity contribution in [1.82, 2.24) is 19.9 Å². The number of carbonyl (C=O) groups is 1. The molecule has 3 aromatic heterocycles. The summed E-state index contributed by atoms with van der Waals surface area (Å²) < 4.78 is 5.50. The normalized spacial score (nSPS) is 14.8. The number of aromatic amines is 1. The number of H-pyrrole nitrogens is 1. The Morgan fingerprint density at radius 2 is 1.73 bits per heavy atom. The molecule has 1 saturated heterocycles. The van der Waals surface area contributed by atoms with E-state index in [1.54, 1.807) is 18.6 Å². The molecule has 0 saturated carbocycles. The standard InChI is InChI=1S/C23H21N5O2/c24-22(29)20-11-17(5-8-25-20)14-1-3-15(4-2-14)19-12-18-21(16-6-9-30-10-7-16)26-13-27-23(18)28-19/h1-5,8,11-13,16H,6-7,9-10H2,(H2,24,29)(H,26,27,28). The van der Waals surface area contributed by atoms with Crippen molar-refractivity contribution < 1.29 is 9.53 Å². The minimum Gasteiger partial charge on any atom is -0.381 e. The molecule has 1 aromatic carbocycles. The Morgan fingerprint density at radius 3 is 2.50 bits per heavy atom. The van der Waals surface area contributed by atoms with E-state index in [1.807, 2.05) is 30.3 Å². The number of benzene rings is 1. The number of hydrogen-bond donors (Lipinski definition) is 2. The molecular formula is C23H21N5O2. The molecular weight excluding hydrogens is 378 g/mol. The lowest BCUT2D eigenvalue weighted by Gasteiger charge is -2.21. The first-order chi connectivity index (χ1) is 14.7. The molecule has 4 heterocycles. The van der Waals surface area contributed by atoms with E-state index in [-0.39, 0.29) is 5.69 Å². The van der Waals surface area contributed by atoms with Crippen molar-refractivity contribution in [3.05, 3.63) is 66.4 Å². The van der Waals surface area contributed by atoms with Gasteiger partial charge in [0.15, 0.2) is 0 Å². The topological polar surface area (TPSA) is 107 Å². The number of fused-ring (bicyclic) bond motifs is 1. The van der Waals surface area contributed by atoms with Gasteiger partial charge in [-0.1, -0.05) is 24.3 Å². The number of rotatable bonds is 4. The van der Waals surface area contributed by atoms with Crippen molar-refractivity contribution in [1.29, 1.82) is 0 Å². The lowest BCUT2D eigenvalue weighted by atomic mass is 9.94. The first kappa shape index (κ1) is 18.4. The van der Waals surface area contributed by atoms with Crippen LogP contribution in [0.25, 0.3) is 33.4 Å². The maximum absolute atomic E-state index is 11.4. The predicted molar refractivity (Wildman–Crippen MR) is 114 cm³/mol. The molecule has 0 atom stereocenters. The fraction of sp³-hybridized carbons (Fsp3) is 0.217. The van der Waals surface area contributed by atoms with E-state index in [0.29, 0.717) is 5.92 Å². The number of aromatic nitrogens is 4. The van der Waals surface area contributed by atoms with Crippen LogP contribution in [0.15, 0.2) is 55.0 Å². The monoisotopic (exact) mass is 399 g/mol. The zero-order chi connectivity index (χ0) is 20.5. The second kappa shape index (κ2) is 7.68. The molecule has 3 N–H and O–H groups in total. The number of pyridine rings is 1. The predicted octanol–water partition coefficient (Wildman–Crippen LogP) is 3.68. The number of ether oxygens (including phenoxy) is 1. The summed E-state index contributed by atoms with van der Waals surface area (Å²) in [5, 5.41) is 1.07. The van der Waals surface area contributed by atoms with E-state index in [4.69, 9.17) is 10.5 Å². The average Bonchev–Trinajstić information content (AvgIpc) is 3.24. The molecule has 0 bridgehead atoms. The number of nitrogens with zero attached hydrogens (tertiary/aromatic N) is 3. The van der Waals surface area contributed by atoms with Gasteiger partial charge in [0.25, 0.3) is 5.91 Å². The maximum Gasteiger partial charge on any atom is 0.267 e. The van der Waals surface area contributed by atoms with Gasteiger partial charge < -0.3 is 15.5 Å². The number of nitrogens with two attached hydrogens (primary N) is 1. The molecule has 1 fully saturated rings. The Morgan fingerprint density at radius 1 is 0.967 bits per heavy atom. The summed E-state index contributed by atoms with van der Waals surface area (Å²) in [5.74, 6) is -0.130. The van der Waals surface area contributed by atoms with Gasteiger partial charge >= 0.3 is 0 Å². The molecule has 150 valence electrons. The zero-order valence-corrected chi connectivity index (χ0v) is 16.3. The molecule has 7 nitrogen and oxygen atoms in total. The van der Waals surface area contributed by atoms with Crippen LogP contribution in [0, 0.1) is 0 Å². The first-order valence-electron chi connectivity index (χ1n) is 9.97. The molecule has 5 rings (SSSR count). The highest BCUT2D eigenvalue weighted by molar-refractivity contribution is 5.92. The molecule has 1 aliphatic rings. The third-order valence-corrected chi connectivity index (χ3v) is 5.61. The van der Waals surface area contributed by atoms with Gasteiger partial charge in [-0.3, -0.25) is 9.78 Å². The van der Waals surface area contributed by atoms with Crippen LogP contribution in [0.4, 0.5) is 0 Å². The number of nitrogens with one attached hydrogen (secondary N) is 1. The molecule has 1 amide bonds. The van der Waals surface area contributed by atoms with E-state index in [2.05, 4.69) is 26.0 Å². The summed E-state index contributed by atoms with van der Waals surface area (Å²) in [6.45, 7) is 1.56. The fourth-order valence-corrected chi connectivity index (χ4v) is 4.00. The summed E-state index contributed by atoms with van der Waals surface area (Å²) in [7, 11) is 0. The van der Waals surface area contributed by atoms with Crippen molar-refractivity contribution in [2.45, 2.75) is 18.8 Å². The molecule has 0 aliphatic carbocycles. The van der Waals surface area contributed by atoms with Gasteiger partial charge in [-0.05, 0) is 47.7 Å². The van der Waals surface area contributed by atoms with Gasteiger partial charge in [-0.25, -0.2) is 9.97 Å². The highest BCUT2D eigenvalue weighted by Crippen LogP contribution is 2.33. The zero-order valence-electron chi connectivity index (χ0n) is 16.3. The van der Waals surface area contributed by atoms with Gasteiger partial charge in [-0.15, -0.1) is 0 Å². The van der Waals surface area contributed by atoms with Crippen LogP contribution in [0.1, 0.15) is 34.9 Å². The lowest BCUT2D eigenvalue weighted by molar-refractivity contribution is 0.0848. The quantitative estimate of drug-likeness (QED) is 0.544. The summed E-state index contributed by atoms with van der Waals surface area (Å²) in [4.78, 5) is 27.8. The van der Waals surface area contributed by atoms with Gasteiger partial charge in [0, 0.05) is 36.4 Å². The van der Waals surface area contributed by atoms with Crippen molar-refractivity contribution in [2.24, 2.45) is 5.73 Å². The van der Waals surface area contributed by atoms with E-state index in [0.717, 1.165) is 65.2 Å². The molecule has 0 unspecified atom stereocenters. The Labute approximate surface area is 173 Å². The van der Waals surface area contributed by atoms with Crippen LogP contribution in [-0.2, 0) is 4.74 Å². The highest BCUT2D eigenvalue weighted by atomic mass is 16.5. The number of carbonyl (C=O) groups excluding carboxylic acids is 1. The Hall–Kier alpha value is -3.58. The third kappa shape index (κ3) is 3.44. The smallest absolute Gasteiger partial charge is 0.267 e. The van der Waals surface area contributed by atoms with Crippen molar-refractivity contribution in [3.8, 4) is 22.4 Å². The van der Waals surface area contributed by atoms with Crippen LogP contribution >= 0.6 is 0 Å². The maximum atomic E-state index is 11.4. The van der Waals surface area contributed by atoms with Gasteiger partial charge in [0.05, 0.1) is 5.69 Å². The number of primary amides is 1. The summed E-state index contributed by atoms with van der Waals surface area (Å²) in [5.41, 5.74) is 11.5. The van der Waals surface area contributed by atoms with E-state index in [1.165, 1.54) is 0 Å². The van der Waals surface area contributed by atoms with Crippen LogP contribution in [0.2, 0.25) is 0 Å². The first-order valence-corrected chi connectivity index (χ1v) is 9.97. The summed E-state index contributed by atoms with van der Waals surface area (Å²) in [6, 6.07) is 13.8. The number of amides is 1. The minimum atomic E-state index is -0.534. The second-order valence-electron chi connectivity index (χ2n) is 7.46. The largest absolute Gasteiger partial charge is 0.381 e. The van der Waals surface area contributed by atoms with Crippen molar-refractivity contribution >= 4 is 16.9 Å². The molecule has 1 aliphatic heterocycles. The van der Waals surface area contributed by atoms with Gasteiger partial charge in [-0.2, -0.15) is 0 Å². The van der Waals surface area contributed by atoms with Crippen LogP contribution in [0.3, 0.4) is 0 Å². The molecule has 30 heavy (non-hydrogen) atoms. The third-order valence-electron chi connectivity index (χ3n) is 5.61. The molecule has 4 aromatic rings. The van der Waals surface area contributed by atoms with Crippen LogP contribution in [0.5, 0.6) is 0 Å². The van der Waals surface area contributed by atoms with Crippen molar-refractivity contribution in [2.75, 3.05) is 13.2 Å². The second-order valence-corrected chi connectivity index (χ2v) is 7.46. The van der Waals surface area contributed by atoms with Crippen molar-refractivity contribution in [3.63, 3.8) is 0 Å². The molecule has 0 spiro atoms. The highest BCUT2D eigenvalue weighted by Gasteiger charge is 2.21. The minimum absolute atomic E-state index is 0.256. The van der Waals surface area contributed by atoms with E-state index < -0.39 is 5.91 Å². The molecule has 7 heteroatoms. The Kier molecular flexibility index (Phi) is 4.72. The average molecular weight is 399 g/mol. The van der Waals surface area contributed by atoms with Crippen LogP contribution < -0.4 is 5.73 Å². The Balaban J connectivity index is 1.47. The van der Waals surface area contributed by atoms with E-state index >= 15 is 0 Å². The summed E-state index contributed by atoms with van der Waals surface area (Å²) >= 11 is 0. The lowest BCUT2D eigenvalue weighted by Crippen LogP contribution is -2.15. The summed E-state index contributed by atoms with van der Waals surface area (Å²) in [6.07, 6.45) is 5.20. The van der Waals surface area contributed by atoms with E-state index in [9.17, 15) is 4.79 Å².